The zero-order valence-corrected chi connectivity index (χ0v) is 12.6. The third-order valence-electron chi connectivity index (χ3n) is 3.87. The number of amides is 2. The lowest BCUT2D eigenvalue weighted by Gasteiger charge is -2.25. The number of hydrogen-bond donors (Lipinski definition) is 3. The van der Waals surface area contributed by atoms with Gasteiger partial charge in [-0.25, -0.2) is 9.59 Å². The van der Waals surface area contributed by atoms with Crippen molar-refractivity contribution < 1.29 is 24.6 Å². The molecule has 0 bridgehead atoms. The van der Waals surface area contributed by atoms with Crippen molar-refractivity contribution in [1.29, 1.82) is 0 Å². The van der Waals surface area contributed by atoms with Crippen LogP contribution < -0.4 is 5.32 Å². The lowest BCUT2D eigenvalue weighted by Crippen LogP contribution is -2.48. The summed E-state index contributed by atoms with van der Waals surface area (Å²) in [7, 11) is 0. The van der Waals surface area contributed by atoms with Gasteiger partial charge in [-0.15, -0.1) is 0 Å². The van der Waals surface area contributed by atoms with Crippen LogP contribution in [-0.2, 0) is 9.59 Å². The van der Waals surface area contributed by atoms with E-state index < -0.39 is 24.0 Å². The Morgan fingerprint density at radius 1 is 1.19 bits per heavy atom. The summed E-state index contributed by atoms with van der Waals surface area (Å²) in [5.41, 5.74) is 0.185. The molecule has 1 aliphatic rings. The van der Waals surface area contributed by atoms with Crippen molar-refractivity contribution in [2.75, 3.05) is 13.1 Å². The fourth-order valence-corrected chi connectivity index (χ4v) is 2.39. The smallest absolute Gasteiger partial charge is 0.326 e. The molecule has 0 unspecified atom stereocenters. The monoisotopic (exact) mass is 300 g/mol. The molecule has 1 atom stereocenters. The van der Waals surface area contributed by atoms with Crippen LogP contribution in [0.5, 0.6) is 0 Å². The van der Waals surface area contributed by atoms with Crippen LogP contribution in [0, 0.1) is 5.41 Å². The molecule has 7 nitrogen and oxygen atoms in total. The zero-order valence-electron chi connectivity index (χ0n) is 12.6. The number of carboxylic acid groups (broad SMARTS) is 2. The maximum absolute atomic E-state index is 12.1. The number of nitrogens with zero attached hydrogens (tertiary/aromatic N) is 1. The molecule has 0 spiro atoms. The van der Waals surface area contributed by atoms with Gasteiger partial charge in [0.1, 0.15) is 6.04 Å². The predicted octanol–water partition coefficient (Wildman–Crippen LogP) is 1.53. The van der Waals surface area contributed by atoms with Crippen molar-refractivity contribution in [3.8, 4) is 0 Å². The molecule has 0 aromatic carbocycles. The van der Waals surface area contributed by atoms with E-state index in [9.17, 15) is 14.4 Å². The third kappa shape index (κ3) is 6.01. The highest BCUT2D eigenvalue weighted by Gasteiger charge is 2.28. The van der Waals surface area contributed by atoms with Crippen molar-refractivity contribution in [2.45, 2.75) is 52.0 Å². The number of carbonyl (C=O) groups is 3. The van der Waals surface area contributed by atoms with Gasteiger partial charge in [-0.1, -0.05) is 13.8 Å². The fraction of sp³-hybridized carbons (Fsp3) is 0.786. The van der Waals surface area contributed by atoms with Gasteiger partial charge in [-0.2, -0.15) is 0 Å². The second kappa shape index (κ2) is 7.28. The largest absolute Gasteiger partial charge is 0.481 e. The molecule has 120 valence electrons. The first-order chi connectivity index (χ1) is 9.71. The quantitative estimate of drug-likeness (QED) is 0.713. The number of urea groups is 1. The van der Waals surface area contributed by atoms with E-state index in [2.05, 4.69) is 19.2 Å². The van der Waals surface area contributed by atoms with Crippen LogP contribution in [0.1, 0.15) is 46.0 Å². The first-order valence-corrected chi connectivity index (χ1v) is 7.21. The molecule has 3 N–H and O–H groups in total. The van der Waals surface area contributed by atoms with Crippen LogP contribution in [0.3, 0.4) is 0 Å². The van der Waals surface area contributed by atoms with Gasteiger partial charge in [-0.3, -0.25) is 4.79 Å². The molecule has 2 amide bonds. The summed E-state index contributed by atoms with van der Waals surface area (Å²) < 4.78 is 0. The first-order valence-electron chi connectivity index (χ1n) is 7.21. The molecular weight excluding hydrogens is 276 g/mol. The average molecular weight is 300 g/mol. The minimum absolute atomic E-state index is 0.115. The number of nitrogens with one attached hydrogen (secondary N) is 1. The Labute approximate surface area is 124 Å². The third-order valence-corrected chi connectivity index (χ3v) is 3.87. The minimum Gasteiger partial charge on any atom is -0.481 e. The molecular formula is C14H24N2O5. The number of hydrogen-bond acceptors (Lipinski definition) is 3. The van der Waals surface area contributed by atoms with E-state index in [1.54, 1.807) is 4.90 Å². The minimum atomic E-state index is -1.21. The summed E-state index contributed by atoms with van der Waals surface area (Å²) in [4.78, 5) is 35.3. The van der Waals surface area contributed by atoms with E-state index in [-0.39, 0.29) is 18.3 Å². The van der Waals surface area contributed by atoms with Gasteiger partial charge < -0.3 is 20.4 Å². The van der Waals surface area contributed by atoms with Crippen LogP contribution in [0.2, 0.25) is 0 Å². The highest BCUT2D eigenvalue weighted by Crippen LogP contribution is 2.29. The van der Waals surface area contributed by atoms with Crippen LogP contribution in [0.15, 0.2) is 0 Å². The highest BCUT2D eigenvalue weighted by atomic mass is 16.4. The van der Waals surface area contributed by atoms with E-state index in [1.165, 1.54) is 0 Å². The number of aliphatic carboxylic acids is 2. The molecule has 7 heteroatoms. The fourth-order valence-electron chi connectivity index (χ4n) is 2.39. The van der Waals surface area contributed by atoms with Crippen LogP contribution in [0.25, 0.3) is 0 Å². The summed E-state index contributed by atoms with van der Waals surface area (Å²) >= 11 is 0. The van der Waals surface area contributed by atoms with E-state index in [1.807, 2.05) is 0 Å². The van der Waals surface area contributed by atoms with Crippen molar-refractivity contribution in [1.82, 2.24) is 10.2 Å². The lowest BCUT2D eigenvalue weighted by atomic mass is 9.85. The molecule has 1 aliphatic heterocycles. The Kier molecular flexibility index (Phi) is 5.99. The Balaban J connectivity index is 2.56. The summed E-state index contributed by atoms with van der Waals surface area (Å²) in [6.07, 6.45) is 2.37. The topological polar surface area (TPSA) is 107 Å². The number of carbonyl (C=O) groups excluding carboxylic acids is 1. The lowest BCUT2D eigenvalue weighted by molar-refractivity contribution is -0.140. The Hall–Kier alpha value is -1.79. The number of carboxylic acids is 2. The van der Waals surface area contributed by atoms with Gasteiger partial charge in [0.05, 0.1) is 0 Å². The maximum Gasteiger partial charge on any atom is 0.326 e. The molecule has 0 aromatic rings. The summed E-state index contributed by atoms with van der Waals surface area (Å²) in [6, 6.07) is -1.59. The van der Waals surface area contributed by atoms with Gasteiger partial charge in [-0.05, 0) is 31.1 Å². The second-order valence-electron chi connectivity index (χ2n) is 6.28. The molecule has 0 radical (unpaired) electrons. The van der Waals surface area contributed by atoms with E-state index in [4.69, 9.17) is 10.2 Å². The van der Waals surface area contributed by atoms with Crippen LogP contribution >= 0.6 is 0 Å². The summed E-state index contributed by atoms with van der Waals surface area (Å²) in [5.74, 6) is -2.29. The summed E-state index contributed by atoms with van der Waals surface area (Å²) in [6.45, 7) is 5.49. The molecule has 1 rings (SSSR count). The molecule has 0 aromatic heterocycles. The molecule has 0 saturated carbocycles. The average Bonchev–Trinajstić information content (AvgIpc) is 2.54. The van der Waals surface area contributed by atoms with E-state index in [0.29, 0.717) is 13.1 Å². The van der Waals surface area contributed by atoms with Crippen molar-refractivity contribution >= 4 is 18.0 Å². The van der Waals surface area contributed by atoms with Crippen LogP contribution in [-0.4, -0.2) is 52.2 Å². The maximum atomic E-state index is 12.1. The molecule has 21 heavy (non-hydrogen) atoms. The standard InChI is InChI=1S/C14H24N2O5/c1-14(2)6-3-8-16(9-7-14)13(21)15-10(12(19)20)4-5-11(17)18/h10H,3-9H2,1-2H3,(H,15,21)(H,17,18)(H,19,20)/t10-/m0/s1. The van der Waals surface area contributed by atoms with E-state index >= 15 is 0 Å². The molecule has 0 aliphatic carbocycles. The Morgan fingerprint density at radius 3 is 2.43 bits per heavy atom. The van der Waals surface area contributed by atoms with Gasteiger partial charge in [0.2, 0.25) is 0 Å². The molecule has 1 saturated heterocycles. The summed E-state index contributed by atoms with van der Waals surface area (Å²) in [5, 5.41) is 20.1. The Morgan fingerprint density at radius 2 is 1.86 bits per heavy atom. The SMILES string of the molecule is CC1(C)CCCN(C(=O)N[C@@H](CCC(=O)O)C(=O)O)CC1. The van der Waals surface area contributed by atoms with Gasteiger partial charge in [0.25, 0.3) is 0 Å². The van der Waals surface area contributed by atoms with Gasteiger partial charge in [0, 0.05) is 19.5 Å². The van der Waals surface area contributed by atoms with E-state index in [0.717, 1.165) is 19.3 Å². The van der Waals surface area contributed by atoms with Gasteiger partial charge in [0.15, 0.2) is 0 Å². The Bertz CT molecular complexity index is 408. The molecule has 1 heterocycles. The molecule has 1 fully saturated rings. The number of rotatable bonds is 5. The number of likely N-dealkylation sites (tertiary alicyclic amines) is 1. The van der Waals surface area contributed by atoms with Crippen molar-refractivity contribution in [3.05, 3.63) is 0 Å². The predicted molar refractivity (Wildman–Crippen MR) is 76.0 cm³/mol. The van der Waals surface area contributed by atoms with Crippen LogP contribution in [0.4, 0.5) is 4.79 Å². The zero-order chi connectivity index (χ0) is 16.0. The second-order valence-corrected chi connectivity index (χ2v) is 6.28. The van der Waals surface area contributed by atoms with Gasteiger partial charge >= 0.3 is 18.0 Å². The first kappa shape index (κ1) is 17.3. The van der Waals surface area contributed by atoms with Crippen molar-refractivity contribution in [2.24, 2.45) is 5.41 Å². The van der Waals surface area contributed by atoms with Crippen molar-refractivity contribution in [3.63, 3.8) is 0 Å². The normalized spacial score (nSPS) is 19.4. The highest BCUT2D eigenvalue weighted by molar-refractivity contribution is 5.83.